The lowest BCUT2D eigenvalue weighted by Gasteiger charge is -2.08. The molecule has 1 aromatic carbocycles. The minimum atomic E-state index is -3.72. The number of H-pyrrole nitrogens is 1. The molecule has 110 valence electrons. The first-order chi connectivity index (χ1) is 10.0. The van der Waals surface area contributed by atoms with Gasteiger partial charge in [-0.2, -0.15) is 13.5 Å². The highest BCUT2D eigenvalue weighted by Crippen LogP contribution is 2.20. The van der Waals surface area contributed by atoms with E-state index < -0.39 is 10.0 Å². The molecule has 21 heavy (non-hydrogen) atoms. The van der Waals surface area contributed by atoms with Gasteiger partial charge in [0.05, 0.1) is 6.20 Å². The molecule has 0 bridgehead atoms. The molecular weight excluding hydrogens is 292 g/mol. The highest BCUT2D eigenvalue weighted by molar-refractivity contribution is 7.92. The second-order valence-electron chi connectivity index (χ2n) is 4.85. The van der Waals surface area contributed by atoms with Crippen molar-refractivity contribution >= 4 is 21.6 Å². The number of hydrogen-bond donors (Lipinski definition) is 3. The van der Waals surface area contributed by atoms with Crippen molar-refractivity contribution in [2.24, 2.45) is 0 Å². The molecule has 0 unspecified atom stereocenters. The zero-order chi connectivity index (χ0) is 14.9. The van der Waals surface area contributed by atoms with E-state index in [-0.39, 0.29) is 17.0 Å². The van der Waals surface area contributed by atoms with Gasteiger partial charge in [0, 0.05) is 17.3 Å². The van der Waals surface area contributed by atoms with Crippen LogP contribution in [0, 0.1) is 0 Å². The van der Waals surface area contributed by atoms with Gasteiger partial charge in [0.2, 0.25) is 0 Å². The van der Waals surface area contributed by atoms with Crippen LogP contribution in [0.1, 0.15) is 23.2 Å². The van der Waals surface area contributed by atoms with Gasteiger partial charge in [0.25, 0.3) is 15.9 Å². The Morgan fingerprint density at radius 2 is 2.10 bits per heavy atom. The maximum atomic E-state index is 12.0. The van der Waals surface area contributed by atoms with E-state index in [1.54, 1.807) is 18.2 Å². The smallest absolute Gasteiger partial charge is 0.278 e. The Morgan fingerprint density at radius 1 is 1.29 bits per heavy atom. The molecule has 1 aromatic heterocycles. The summed E-state index contributed by atoms with van der Waals surface area (Å²) in [5.41, 5.74) is 0.750. The Kier molecular flexibility index (Phi) is 3.38. The summed E-state index contributed by atoms with van der Waals surface area (Å²) in [4.78, 5) is 11.9. The van der Waals surface area contributed by atoms with Crippen LogP contribution in [0.2, 0.25) is 0 Å². The van der Waals surface area contributed by atoms with Gasteiger partial charge >= 0.3 is 0 Å². The number of hydrogen-bond acceptors (Lipinski definition) is 4. The Morgan fingerprint density at radius 3 is 2.76 bits per heavy atom. The van der Waals surface area contributed by atoms with E-state index in [2.05, 4.69) is 20.2 Å². The zero-order valence-electron chi connectivity index (χ0n) is 11.0. The van der Waals surface area contributed by atoms with Gasteiger partial charge < -0.3 is 5.32 Å². The average molecular weight is 306 g/mol. The summed E-state index contributed by atoms with van der Waals surface area (Å²) in [6, 6.07) is 7.97. The topological polar surface area (TPSA) is 104 Å². The second-order valence-corrected chi connectivity index (χ2v) is 6.51. The van der Waals surface area contributed by atoms with Gasteiger partial charge in [0.1, 0.15) is 0 Å². The van der Waals surface area contributed by atoms with Crippen molar-refractivity contribution in [3.8, 4) is 0 Å². The Balaban J connectivity index is 1.78. The first-order valence-corrected chi connectivity index (χ1v) is 7.96. The third-order valence-corrected chi connectivity index (χ3v) is 4.37. The van der Waals surface area contributed by atoms with Gasteiger partial charge in [-0.15, -0.1) is 0 Å². The molecule has 1 amide bonds. The molecule has 0 atom stereocenters. The third kappa shape index (κ3) is 3.22. The summed E-state index contributed by atoms with van der Waals surface area (Å²) < 4.78 is 26.5. The number of sulfonamides is 1. The Labute approximate surface area is 121 Å². The van der Waals surface area contributed by atoms with Crippen LogP contribution < -0.4 is 10.0 Å². The van der Waals surface area contributed by atoms with Crippen LogP contribution in [0.5, 0.6) is 0 Å². The van der Waals surface area contributed by atoms with Crippen LogP contribution in [0.3, 0.4) is 0 Å². The van der Waals surface area contributed by atoms with Crippen LogP contribution in [-0.4, -0.2) is 30.6 Å². The van der Waals surface area contributed by atoms with Gasteiger partial charge in [-0.25, -0.2) is 0 Å². The molecule has 3 rings (SSSR count). The van der Waals surface area contributed by atoms with Crippen LogP contribution in [0.4, 0.5) is 5.69 Å². The molecule has 0 aliphatic heterocycles. The van der Waals surface area contributed by atoms with Crippen LogP contribution >= 0.6 is 0 Å². The predicted octanol–water partition coefficient (Wildman–Crippen LogP) is 1.10. The van der Waals surface area contributed by atoms with Crippen molar-refractivity contribution in [2.45, 2.75) is 23.9 Å². The summed E-state index contributed by atoms with van der Waals surface area (Å²) in [5, 5.41) is 8.82. The molecule has 1 saturated carbocycles. The molecule has 1 fully saturated rings. The van der Waals surface area contributed by atoms with Crippen molar-refractivity contribution in [3.05, 3.63) is 42.1 Å². The quantitative estimate of drug-likeness (QED) is 0.769. The SMILES string of the molecule is O=C(NC1CC1)c1cccc(NS(=O)(=O)c2ccn[nH]2)c1. The van der Waals surface area contributed by atoms with E-state index in [0.29, 0.717) is 11.3 Å². The monoisotopic (exact) mass is 306 g/mol. The molecule has 8 heteroatoms. The lowest BCUT2D eigenvalue weighted by atomic mass is 10.2. The number of rotatable bonds is 5. The number of anilines is 1. The number of aromatic amines is 1. The number of aromatic nitrogens is 2. The first kappa shape index (κ1) is 13.6. The van der Waals surface area contributed by atoms with Crippen molar-refractivity contribution in [1.29, 1.82) is 0 Å². The van der Waals surface area contributed by atoms with Gasteiger partial charge in [-0.3, -0.25) is 14.6 Å². The highest BCUT2D eigenvalue weighted by atomic mass is 32.2. The van der Waals surface area contributed by atoms with Gasteiger partial charge in [0.15, 0.2) is 5.03 Å². The minimum absolute atomic E-state index is 0.0321. The molecule has 1 aliphatic rings. The summed E-state index contributed by atoms with van der Waals surface area (Å²) in [5.74, 6) is -0.194. The van der Waals surface area contributed by atoms with Crippen molar-refractivity contribution in [1.82, 2.24) is 15.5 Å². The van der Waals surface area contributed by atoms with E-state index in [4.69, 9.17) is 0 Å². The van der Waals surface area contributed by atoms with Crippen molar-refractivity contribution in [2.75, 3.05) is 4.72 Å². The van der Waals surface area contributed by atoms with E-state index >= 15 is 0 Å². The van der Waals surface area contributed by atoms with Crippen LogP contribution in [-0.2, 0) is 10.0 Å². The lowest BCUT2D eigenvalue weighted by molar-refractivity contribution is 0.0951. The molecule has 1 aliphatic carbocycles. The normalized spacial score (nSPS) is 14.7. The summed E-state index contributed by atoms with van der Waals surface area (Å²) in [6.07, 6.45) is 3.35. The summed E-state index contributed by atoms with van der Waals surface area (Å²) in [7, 11) is -3.72. The highest BCUT2D eigenvalue weighted by Gasteiger charge is 2.24. The van der Waals surface area contributed by atoms with E-state index in [0.717, 1.165) is 12.8 Å². The molecule has 1 heterocycles. The summed E-state index contributed by atoms with van der Waals surface area (Å²) in [6.45, 7) is 0. The fourth-order valence-electron chi connectivity index (χ4n) is 1.82. The standard InChI is InChI=1S/C13H14N4O3S/c18-13(15-10-4-5-10)9-2-1-3-11(8-9)17-21(19,20)12-6-7-14-16-12/h1-3,6-8,10,17H,4-5H2,(H,14,16)(H,15,18). The van der Waals surface area contributed by atoms with Crippen molar-refractivity contribution < 1.29 is 13.2 Å². The molecular formula is C13H14N4O3S. The van der Waals surface area contributed by atoms with E-state index in [1.165, 1.54) is 18.3 Å². The number of amides is 1. The van der Waals surface area contributed by atoms with Gasteiger partial charge in [-0.1, -0.05) is 6.07 Å². The maximum absolute atomic E-state index is 12.0. The number of nitrogens with zero attached hydrogens (tertiary/aromatic N) is 1. The first-order valence-electron chi connectivity index (χ1n) is 6.48. The number of carbonyl (C=O) groups excluding carboxylic acids is 1. The molecule has 0 saturated heterocycles. The second kappa shape index (κ2) is 5.21. The zero-order valence-corrected chi connectivity index (χ0v) is 11.9. The molecule has 2 aromatic rings. The minimum Gasteiger partial charge on any atom is -0.349 e. The maximum Gasteiger partial charge on any atom is 0.278 e. The molecule has 0 radical (unpaired) electrons. The fraction of sp³-hybridized carbons (Fsp3) is 0.231. The van der Waals surface area contributed by atoms with Gasteiger partial charge in [-0.05, 0) is 37.1 Å². The molecule has 0 spiro atoms. The van der Waals surface area contributed by atoms with Crippen molar-refractivity contribution in [3.63, 3.8) is 0 Å². The molecule has 3 N–H and O–H groups in total. The van der Waals surface area contributed by atoms with E-state index in [9.17, 15) is 13.2 Å². The van der Waals surface area contributed by atoms with E-state index in [1.807, 2.05) is 0 Å². The number of nitrogens with one attached hydrogen (secondary N) is 3. The Hall–Kier alpha value is -2.35. The average Bonchev–Trinajstić information content (AvgIpc) is 3.07. The fourth-order valence-corrected chi connectivity index (χ4v) is 2.78. The van der Waals surface area contributed by atoms with Crippen LogP contribution in [0.15, 0.2) is 41.6 Å². The largest absolute Gasteiger partial charge is 0.349 e. The molecule has 7 nitrogen and oxygen atoms in total. The number of benzene rings is 1. The number of carbonyl (C=O) groups is 1. The third-order valence-electron chi connectivity index (χ3n) is 3.05. The summed E-state index contributed by atoms with van der Waals surface area (Å²) >= 11 is 0. The van der Waals surface area contributed by atoms with Crippen LogP contribution in [0.25, 0.3) is 0 Å². The predicted molar refractivity (Wildman–Crippen MR) is 76.3 cm³/mol. The lowest BCUT2D eigenvalue weighted by Crippen LogP contribution is -2.25. The Bertz CT molecular complexity index is 751.